The maximum atomic E-state index is 7.21. The van der Waals surface area contributed by atoms with E-state index in [4.69, 9.17) is 28.0 Å². The Labute approximate surface area is 171 Å². The SMILES string of the molecule is CNCC#Cc1ccc(C(=N)N)cc1.N=C(N)c1ccc(C#CCN=CN)cc1. The summed E-state index contributed by atoms with van der Waals surface area (Å²) >= 11 is 0. The summed E-state index contributed by atoms with van der Waals surface area (Å²) in [5.41, 5.74) is 18.9. The number of rotatable bonds is 4. The van der Waals surface area contributed by atoms with Crippen LogP contribution in [0.25, 0.3) is 0 Å². The van der Waals surface area contributed by atoms with Gasteiger partial charge in [0, 0.05) is 22.3 Å². The minimum atomic E-state index is 0.0576. The van der Waals surface area contributed by atoms with Crippen LogP contribution in [0.1, 0.15) is 22.3 Å². The molecule has 0 saturated heterocycles. The highest BCUT2D eigenvalue weighted by Gasteiger charge is 1.94. The Bertz CT molecular complexity index is 951. The van der Waals surface area contributed by atoms with E-state index in [0.29, 0.717) is 18.7 Å². The van der Waals surface area contributed by atoms with Crippen LogP contribution in [0, 0.1) is 34.5 Å². The van der Waals surface area contributed by atoms with Crippen LogP contribution < -0.4 is 22.5 Å². The number of nitrogen functional groups attached to an aromatic ring is 2. The van der Waals surface area contributed by atoms with Gasteiger partial charge in [-0.15, -0.1) is 0 Å². The van der Waals surface area contributed by atoms with Crippen molar-refractivity contribution < 1.29 is 0 Å². The normalized spacial score (nSPS) is 9.28. The van der Waals surface area contributed by atoms with Gasteiger partial charge in [-0.05, 0) is 31.3 Å². The third-order valence-corrected chi connectivity index (χ3v) is 3.40. The summed E-state index contributed by atoms with van der Waals surface area (Å²) in [4.78, 5) is 3.76. The first kappa shape index (κ1) is 23.0. The number of aliphatic imine (C=N–C) groups is 1. The van der Waals surface area contributed by atoms with Crippen LogP contribution in [-0.4, -0.2) is 38.1 Å². The Morgan fingerprint density at radius 3 is 1.72 bits per heavy atom. The van der Waals surface area contributed by atoms with Gasteiger partial charge >= 0.3 is 0 Å². The molecule has 0 fully saturated rings. The Morgan fingerprint density at radius 1 is 0.897 bits per heavy atom. The largest absolute Gasteiger partial charge is 0.390 e. The van der Waals surface area contributed by atoms with E-state index in [9.17, 15) is 0 Å². The molecular formula is C22H25N7. The van der Waals surface area contributed by atoms with Crippen LogP contribution in [0.3, 0.4) is 0 Å². The van der Waals surface area contributed by atoms with Crippen molar-refractivity contribution in [3.63, 3.8) is 0 Å². The molecule has 0 unspecified atom stereocenters. The number of nitrogens with one attached hydrogen (secondary N) is 3. The fraction of sp³-hybridized carbons (Fsp3) is 0.136. The number of nitrogens with two attached hydrogens (primary N) is 3. The summed E-state index contributed by atoms with van der Waals surface area (Å²) in [7, 11) is 1.85. The minimum absolute atomic E-state index is 0.0576. The van der Waals surface area contributed by atoms with Crippen molar-refractivity contribution in [1.29, 1.82) is 10.8 Å². The van der Waals surface area contributed by atoms with Gasteiger partial charge in [-0.2, -0.15) is 0 Å². The second-order valence-electron chi connectivity index (χ2n) is 5.61. The number of amidine groups is 2. The summed E-state index contributed by atoms with van der Waals surface area (Å²) < 4.78 is 0. The summed E-state index contributed by atoms with van der Waals surface area (Å²) in [6.07, 6.45) is 1.23. The van der Waals surface area contributed by atoms with E-state index < -0.39 is 0 Å². The van der Waals surface area contributed by atoms with E-state index in [-0.39, 0.29) is 11.7 Å². The molecule has 0 aliphatic heterocycles. The molecule has 2 aromatic carbocycles. The maximum absolute atomic E-state index is 7.21. The zero-order valence-corrected chi connectivity index (χ0v) is 16.3. The Balaban J connectivity index is 0.000000291. The van der Waals surface area contributed by atoms with Gasteiger partial charge in [0.25, 0.3) is 0 Å². The summed E-state index contributed by atoms with van der Waals surface area (Å²) in [5, 5.41) is 17.4. The van der Waals surface area contributed by atoms with Gasteiger partial charge in [0.05, 0.1) is 12.9 Å². The lowest BCUT2D eigenvalue weighted by molar-refractivity contribution is 0.938. The zero-order valence-electron chi connectivity index (χ0n) is 16.3. The summed E-state index contributed by atoms with van der Waals surface area (Å²) in [6.45, 7) is 1.07. The number of benzene rings is 2. The van der Waals surface area contributed by atoms with Crippen LogP contribution in [0.2, 0.25) is 0 Å². The second-order valence-corrected chi connectivity index (χ2v) is 5.61. The van der Waals surface area contributed by atoms with Gasteiger partial charge in [-0.3, -0.25) is 15.8 Å². The summed E-state index contributed by atoms with van der Waals surface area (Å²) in [6, 6.07) is 14.5. The van der Waals surface area contributed by atoms with Crippen LogP contribution >= 0.6 is 0 Å². The Kier molecular flexibility index (Phi) is 10.4. The standard InChI is InChI=1S/C11H12N4.C11H13N3/c12-8-15-7-1-2-9-3-5-10(6-4-9)11(13)14;1-14-8-2-3-9-4-6-10(7-5-9)11(12)13/h3-6,8H,7H2,(H2,12,15)(H3,13,14);4-7,14H,8H2,1H3,(H3,12,13). The molecule has 0 aliphatic carbocycles. The number of hydrogen-bond donors (Lipinski definition) is 6. The van der Waals surface area contributed by atoms with Crippen molar-refractivity contribution in [2.75, 3.05) is 20.1 Å². The lowest BCUT2D eigenvalue weighted by atomic mass is 10.1. The highest BCUT2D eigenvalue weighted by Crippen LogP contribution is 2.02. The second kappa shape index (κ2) is 13.2. The summed E-state index contributed by atoms with van der Waals surface area (Å²) in [5.74, 6) is 11.8. The van der Waals surface area contributed by atoms with Crippen LogP contribution in [-0.2, 0) is 0 Å². The molecule has 2 rings (SSSR count). The molecule has 0 radical (unpaired) electrons. The average Bonchev–Trinajstić information content (AvgIpc) is 2.72. The molecule has 0 aromatic heterocycles. The number of hydrogen-bond acceptors (Lipinski definition) is 4. The molecule has 148 valence electrons. The Morgan fingerprint density at radius 2 is 1.34 bits per heavy atom. The molecule has 29 heavy (non-hydrogen) atoms. The molecule has 9 N–H and O–H groups in total. The zero-order chi connectivity index (χ0) is 21.5. The van der Waals surface area contributed by atoms with Gasteiger partial charge in [-0.1, -0.05) is 47.9 Å². The predicted octanol–water partition coefficient (Wildman–Crippen LogP) is 0.851. The third-order valence-electron chi connectivity index (χ3n) is 3.40. The fourth-order valence-electron chi connectivity index (χ4n) is 1.94. The molecule has 0 amide bonds. The fourth-order valence-corrected chi connectivity index (χ4v) is 1.94. The first-order valence-electron chi connectivity index (χ1n) is 8.69. The molecule has 0 bridgehead atoms. The van der Waals surface area contributed by atoms with E-state index in [2.05, 4.69) is 34.0 Å². The van der Waals surface area contributed by atoms with Gasteiger partial charge < -0.3 is 22.5 Å². The molecule has 7 nitrogen and oxygen atoms in total. The first-order valence-corrected chi connectivity index (χ1v) is 8.69. The molecule has 0 heterocycles. The van der Waals surface area contributed by atoms with Crippen LogP contribution in [0.15, 0.2) is 53.5 Å². The quantitative estimate of drug-likeness (QED) is 0.262. The lowest BCUT2D eigenvalue weighted by Gasteiger charge is -1.96. The smallest absolute Gasteiger partial charge is 0.122 e. The Hall–Kier alpha value is -4.07. The van der Waals surface area contributed by atoms with E-state index >= 15 is 0 Å². The van der Waals surface area contributed by atoms with E-state index in [1.807, 2.05) is 31.3 Å². The first-order chi connectivity index (χ1) is 14.0. The van der Waals surface area contributed by atoms with Crippen molar-refractivity contribution in [1.82, 2.24) is 5.32 Å². The third kappa shape index (κ3) is 9.43. The number of nitrogens with zero attached hydrogens (tertiary/aromatic N) is 1. The van der Waals surface area contributed by atoms with Crippen molar-refractivity contribution in [2.24, 2.45) is 22.2 Å². The molecule has 0 aliphatic rings. The monoisotopic (exact) mass is 387 g/mol. The molecule has 0 saturated carbocycles. The van der Waals surface area contributed by atoms with Crippen molar-refractivity contribution >= 4 is 18.0 Å². The molecular weight excluding hydrogens is 362 g/mol. The molecule has 0 spiro atoms. The maximum Gasteiger partial charge on any atom is 0.122 e. The van der Waals surface area contributed by atoms with Crippen molar-refractivity contribution in [2.45, 2.75) is 0 Å². The highest BCUT2D eigenvalue weighted by atomic mass is 14.8. The predicted molar refractivity (Wildman–Crippen MR) is 120 cm³/mol. The van der Waals surface area contributed by atoms with Gasteiger partial charge in [0.1, 0.15) is 18.2 Å². The van der Waals surface area contributed by atoms with E-state index in [1.165, 1.54) is 6.34 Å². The van der Waals surface area contributed by atoms with E-state index in [1.54, 1.807) is 24.3 Å². The van der Waals surface area contributed by atoms with E-state index in [0.717, 1.165) is 16.7 Å². The topological polar surface area (TPSA) is 150 Å². The molecule has 0 atom stereocenters. The van der Waals surface area contributed by atoms with Crippen LogP contribution in [0.5, 0.6) is 0 Å². The van der Waals surface area contributed by atoms with Gasteiger partial charge in [0.2, 0.25) is 0 Å². The minimum Gasteiger partial charge on any atom is -0.390 e. The highest BCUT2D eigenvalue weighted by molar-refractivity contribution is 5.95. The lowest BCUT2D eigenvalue weighted by Crippen LogP contribution is -2.10. The average molecular weight is 387 g/mol. The van der Waals surface area contributed by atoms with Gasteiger partial charge in [0.15, 0.2) is 0 Å². The molecule has 7 heteroatoms. The van der Waals surface area contributed by atoms with Crippen molar-refractivity contribution in [3.05, 3.63) is 70.8 Å². The molecule has 2 aromatic rings. The van der Waals surface area contributed by atoms with Crippen molar-refractivity contribution in [3.8, 4) is 23.7 Å². The van der Waals surface area contributed by atoms with Crippen LogP contribution in [0.4, 0.5) is 0 Å². The van der Waals surface area contributed by atoms with Gasteiger partial charge in [-0.25, -0.2) is 0 Å².